The largest absolute Gasteiger partial charge is 0.479 e. The number of amides is 2. The summed E-state index contributed by atoms with van der Waals surface area (Å²) >= 11 is 0. The molecule has 5 saturated heterocycles. The van der Waals surface area contributed by atoms with Crippen LogP contribution in [0.15, 0.2) is 0 Å². The summed E-state index contributed by atoms with van der Waals surface area (Å²) in [7, 11) is -26.9. The Labute approximate surface area is 711 Å². The van der Waals surface area contributed by atoms with E-state index in [9.17, 15) is 107 Å². The zero-order valence-electron chi connectivity index (χ0n) is 67.3. The highest BCUT2D eigenvalue weighted by molar-refractivity contribution is 7.82. The Balaban J connectivity index is 1.28. The number of carbonyl (C=O) groups is 4. The van der Waals surface area contributed by atoms with E-state index < -0.39 is 254 Å². The van der Waals surface area contributed by atoms with Gasteiger partial charge in [0.05, 0.1) is 112 Å². The number of rotatable bonds is 62. The minimum atomic E-state index is -6.19. The molecule has 0 radical (unpaired) electrons. The van der Waals surface area contributed by atoms with Crippen LogP contribution in [0.3, 0.4) is 0 Å². The van der Waals surface area contributed by atoms with Crippen LogP contribution in [0.4, 0.5) is 0 Å². The maximum atomic E-state index is 13.5. The molecule has 5 fully saturated rings. The van der Waals surface area contributed by atoms with E-state index in [2.05, 4.69) is 29.1 Å². The number of carboxylic acid groups (broad SMARTS) is 2. The van der Waals surface area contributed by atoms with Gasteiger partial charge >= 0.3 is 74.3 Å². The Morgan fingerprint density at radius 3 is 0.968 bits per heavy atom. The number of ether oxygens (including phenoxy) is 25. The molecule has 0 saturated carbocycles. The number of terminal acetylenes is 1. The van der Waals surface area contributed by atoms with Gasteiger partial charge < -0.3 is 139 Å². The van der Waals surface area contributed by atoms with Crippen LogP contribution in [-0.2, 0) is 225 Å². The molecule has 724 valence electrons. The molecule has 0 aromatic rings. The van der Waals surface area contributed by atoms with Gasteiger partial charge in [0.2, 0.25) is 11.8 Å². The predicted octanol–water partition coefficient (Wildman–Crippen LogP) is -7.76. The second-order valence-electron chi connectivity index (χ2n) is 25.8. The van der Waals surface area contributed by atoms with Crippen molar-refractivity contribution in [2.24, 2.45) is 0 Å². The average molecular weight is 1940 g/mol. The number of nitrogens with one attached hydrogen (secondary N) is 2. The molecule has 2 amide bonds. The van der Waals surface area contributed by atoms with Crippen LogP contribution in [0, 0.1) is 12.3 Å². The zero-order valence-corrected chi connectivity index (χ0v) is 72.2. The summed E-state index contributed by atoms with van der Waals surface area (Å²) < 4.78 is 378. The highest BCUT2D eigenvalue weighted by atomic mass is 32.3. The molecule has 5 rings (SSSR count). The first-order chi connectivity index (χ1) is 58.4. The van der Waals surface area contributed by atoms with Gasteiger partial charge in [-0.3, -0.25) is 36.9 Å². The molecule has 5 aliphatic rings. The lowest BCUT2D eigenvalue weighted by Gasteiger charge is -2.51. The van der Waals surface area contributed by atoms with Crippen LogP contribution < -0.4 is 10.6 Å². The SMILES string of the molecule is C#CCCC(=O)NCCOCCOCCOCCOCC(=O)NCCOCCOCCOCCO[C@H]1[C@H](OC)[C@@H](OC)[C@@H](O[C@H]2[C@H](OC)[C@@H](OC)[C@H](O[C@H]3[C@H](OS(=O)(=O)O)[C@@H](OS(=O)(=O)O)[C@@H](O[C@H]4[C@H](OC)[C@@H](OC)[C@H](O[C@H]5[C@H](OC)[C@@H](OS(=O)(=O)O)[C@@H](OC)O[C@@H]5COS(=O)(=O)O)O[C@H]4C(=O)O)O[C@@H]3COS(=O)(=O)O)O[C@@H]2C(=O)O)O[C@@H]1COS(=O)(=O)O. The molecule has 5 heterocycles. The highest BCUT2D eigenvalue weighted by Gasteiger charge is 2.62. The van der Waals surface area contributed by atoms with E-state index in [0.29, 0.717) is 39.4 Å². The molecule has 0 bridgehead atoms. The minimum absolute atomic E-state index is 0.0135. The molecule has 0 aromatic heterocycles. The Morgan fingerprint density at radius 1 is 0.323 bits per heavy atom. The van der Waals surface area contributed by atoms with Crippen molar-refractivity contribution < 1.29 is 251 Å². The molecule has 124 heavy (non-hydrogen) atoms. The summed E-state index contributed by atoms with van der Waals surface area (Å²) in [5.74, 6) is -2.32. The fourth-order valence-electron chi connectivity index (χ4n) is 12.6. The molecule has 0 unspecified atom stereocenters. The van der Waals surface area contributed by atoms with E-state index in [-0.39, 0.29) is 91.5 Å². The number of methoxy groups -OCH3 is 8. The van der Waals surface area contributed by atoms with Crippen molar-refractivity contribution in [1.82, 2.24) is 10.6 Å². The van der Waals surface area contributed by atoms with Crippen LogP contribution in [-0.4, -0.2) is 454 Å². The minimum Gasteiger partial charge on any atom is -0.479 e. The van der Waals surface area contributed by atoms with Gasteiger partial charge in [-0.2, -0.15) is 50.5 Å². The van der Waals surface area contributed by atoms with E-state index in [1.54, 1.807) is 0 Å². The van der Waals surface area contributed by atoms with Crippen LogP contribution in [0.1, 0.15) is 12.8 Å². The van der Waals surface area contributed by atoms with Gasteiger partial charge in [-0.15, -0.1) is 12.3 Å². The molecule has 10 N–H and O–H groups in total. The van der Waals surface area contributed by atoms with Gasteiger partial charge in [-0.25, -0.2) is 34.7 Å². The van der Waals surface area contributed by atoms with Gasteiger partial charge in [0.15, 0.2) is 55.9 Å². The number of hydrogen-bond acceptors (Lipinski definition) is 47. The fourth-order valence-corrected chi connectivity index (χ4v) is 15.0. The zero-order chi connectivity index (χ0) is 92.3. The summed E-state index contributed by atoms with van der Waals surface area (Å²) in [4.78, 5) is 50.6. The first-order valence-corrected chi connectivity index (χ1v) is 44.6. The topological polar surface area (TPSA) is 745 Å². The van der Waals surface area contributed by atoms with Gasteiger partial charge in [-0.1, -0.05) is 0 Å². The van der Waals surface area contributed by atoms with Crippen LogP contribution in [0.25, 0.3) is 0 Å². The van der Waals surface area contributed by atoms with Crippen LogP contribution in [0.5, 0.6) is 0 Å². The van der Waals surface area contributed by atoms with Gasteiger partial charge in [0, 0.05) is 82.8 Å². The molecule has 25 atom stereocenters. The van der Waals surface area contributed by atoms with Gasteiger partial charge in [-0.05, 0) is 0 Å². The summed E-state index contributed by atoms with van der Waals surface area (Å²) in [6, 6.07) is 0. The third-order valence-corrected chi connectivity index (χ3v) is 20.4. The Kier molecular flexibility index (Phi) is 47.8. The quantitative estimate of drug-likeness (QED) is 0.0154. The lowest BCUT2D eigenvalue weighted by atomic mass is 9.94. The third kappa shape index (κ3) is 37.9. The normalized spacial score (nSPS) is 31.1. The van der Waals surface area contributed by atoms with Crippen LogP contribution >= 0.6 is 0 Å². The van der Waals surface area contributed by atoms with Crippen molar-refractivity contribution >= 4 is 86.1 Å². The van der Waals surface area contributed by atoms with Crippen molar-refractivity contribution in [1.29, 1.82) is 0 Å². The first-order valence-electron chi connectivity index (χ1n) is 36.4. The lowest BCUT2D eigenvalue weighted by molar-refractivity contribution is -0.389. The summed E-state index contributed by atoms with van der Waals surface area (Å²) in [6.07, 6.45) is -50.0. The number of carbonyl (C=O) groups excluding carboxylic acids is 2. The van der Waals surface area contributed by atoms with E-state index in [1.807, 2.05) is 0 Å². The number of carboxylic acids is 2. The van der Waals surface area contributed by atoms with E-state index >= 15 is 0 Å². The molecule has 0 aromatic carbocycles. The second kappa shape index (κ2) is 53.8. The standard InChI is InChI=1S/C61H104N2O55S6/c1-10-11-12-36(64)62-13-15-96-17-19-98-21-22-100-25-26-102-32-37(65)63-14-16-97-18-20-99-23-24-101-27-28-103-38-33(29-104-119(70,71)72)108-58(50(92-6)41(38)88-2)112-45-43(90-4)52(94-8)60(115-48(45)55(66)67)111-40-35(31-106-121(76,77)78)109-61(54(118-124(85,86)87)47(40)116-122(79,80)81)113-46-44(91-5)51(93-7)59(114-49(46)56(68)69)110-39-34(30-105-120(73,74)75)107-57(95-9)53(42(39)89-3)117-123(82,83)84/h1,33-35,38-54,57-61H,11-32H2,2-9H3,(H,62,64)(H,63,65)(H,66,67)(H,68,69)(H,70,71,72)(H,73,74,75)(H,76,77,78)(H,79,80,81)(H,82,83,84)(H,85,86,87)/t33-,34-,35-,38-,39-,40-,41+,42+,43+,44+,45+,46+,47+,48+,49-,50-,51-,52-,53-,54-,57+,58-,59-,60-,61-/m1/s1. The summed E-state index contributed by atoms with van der Waals surface area (Å²) in [5.41, 5.74) is 0. The van der Waals surface area contributed by atoms with E-state index in [1.165, 1.54) is 0 Å². The Hall–Kier alpha value is -4.34. The average Bonchev–Trinajstić information content (AvgIpc) is 0.752. The molecule has 57 nitrogen and oxygen atoms in total. The Morgan fingerprint density at radius 2 is 0.613 bits per heavy atom. The Bertz CT molecular complexity index is 3970. The molecule has 5 aliphatic heterocycles. The van der Waals surface area contributed by atoms with Crippen molar-refractivity contribution in [3.8, 4) is 12.3 Å². The summed E-state index contributed by atoms with van der Waals surface area (Å²) in [6.45, 7) is -2.00. The van der Waals surface area contributed by atoms with Gasteiger partial charge in [0.1, 0.15) is 104 Å². The fraction of sp³-hybridized carbons (Fsp3) is 0.902. The number of aliphatic carboxylic acids is 2. The van der Waals surface area contributed by atoms with Crippen molar-refractivity contribution in [2.45, 2.75) is 166 Å². The lowest BCUT2D eigenvalue weighted by Crippen LogP contribution is -2.70. The predicted molar refractivity (Wildman–Crippen MR) is 392 cm³/mol. The highest BCUT2D eigenvalue weighted by Crippen LogP contribution is 2.41. The first kappa shape index (κ1) is 110. The van der Waals surface area contributed by atoms with E-state index in [0.717, 1.165) is 56.9 Å². The van der Waals surface area contributed by atoms with Crippen molar-refractivity contribution in [3.63, 3.8) is 0 Å². The van der Waals surface area contributed by atoms with Crippen molar-refractivity contribution in [3.05, 3.63) is 0 Å². The maximum Gasteiger partial charge on any atom is 0.397 e. The summed E-state index contributed by atoms with van der Waals surface area (Å²) in [5, 5.41) is 27.1. The third-order valence-electron chi connectivity index (χ3n) is 17.7. The molecule has 0 aliphatic carbocycles. The number of hydrogen-bond donors (Lipinski definition) is 10. The van der Waals surface area contributed by atoms with E-state index in [4.69, 9.17) is 137 Å². The molecular formula is C61H104N2O55S6. The van der Waals surface area contributed by atoms with Gasteiger partial charge in [0.25, 0.3) is 0 Å². The molecular weight excluding hydrogens is 1830 g/mol. The smallest absolute Gasteiger partial charge is 0.397 e. The molecule has 63 heteroatoms. The monoisotopic (exact) mass is 1940 g/mol. The van der Waals surface area contributed by atoms with Crippen LogP contribution in [0.2, 0.25) is 0 Å². The van der Waals surface area contributed by atoms with Crippen molar-refractivity contribution in [2.75, 3.05) is 189 Å². The maximum absolute atomic E-state index is 13.5. The molecule has 0 spiro atoms. The second-order valence-corrected chi connectivity index (χ2v) is 32.2.